The van der Waals surface area contributed by atoms with Crippen LogP contribution in [0.4, 0.5) is 0 Å². The topological polar surface area (TPSA) is 79.1 Å². The zero-order chi connectivity index (χ0) is 11.7. The average Bonchev–Trinajstić information content (AvgIpc) is 2.57. The molecule has 1 atom stereocenters. The summed E-state index contributed by atoms with van der Waals surface area (Å²) in [6.45, 7) is 1.87. The van der Waals surface area contributed by atoms with Crippen LogP contribution in [0, 0.1) is 0 Å². The highest BCUT2D eigenvalue weighted by molar-refractivity contribution is 5.97. The van der Waals surface area contributed by atoms with Gasteiger partial charge in [-0.3, -0.25) is 0 Å². The number of carboxylic acids is 1. The van der Waals surface area contributed by atoms with Gasteiger partial charge in [-0.05, 0) is 25.0 Å². The van der Waals surface area contributed by atoms with Gasteiger partial charge in [-0.15, -0.1) is 0 Å². The highest BCUT2D eigenvalue weighted by Gasteiger charge is 2.17. The summed E-state index contributed by atoms with van der Waals surface area (Å²) >= 11 is 0. The van der Waals surface area contributed by atoms with Gasteiger partial charge in [0.25, 0.3) is 0 Å². The fourth-order valence-corrected chi connectivity index (χ4v) is 1.92. The first-order valence-corrected chi connectivity index (χ1v) is 5.18. The Morgan fingerprint density at radius 3 is 2.81 bits per heavy atom. The Kier molecular flexibility index (Phi) is 2.66. The van der Waals surface area contributed by atoms with E-state index < -0.39 is 5.97 Å². The third-order valence-electron chi connectivity index (χ3n) is 2.55. The normalized spacial score (nSPS) is 12.9. The van der Waals surface area contributed by atoms with Crippen molar-refractivity contribution < 1.29 is 9.90 Å². The van der Waals surface area contributed by atoms with Crippen LogP contribution in [0.1, 0.15) is 23.0 Å². The number of aromatic carboxylic acids is 1. The fourth-order valence-electron chi connectivity index (χ4n) is 1.92. The number of carbonyl (C=O) groups is 1. The van der Waals surface area contributed by atoms with Gasteiger partial charge in [0.15, 0.2) is 0 Å². The van der Waals surface area contributed by atoms with Crippen LogP contribution in [-0.2, 0) is 6.42 Å². The van der Waals surface area contributed by atoms with Crippen molar-refractivity contribution in [3.63, 3.8) is 0 Å². The van der Waals surface area contributed by atoms with E-state index in [1.165, 1.54) is 0 Å². The molecule has 16 heavy (non-hydrogen) atoms. The SMILES string of the molecule is CC(N)Cc1c(C(=O)O)[nH]c2ccccc12. The van der Waals surface area contributed by atoms with Crippen molar-refractivity contribution in [3.05, 3.63) is 35.5 Å². The lowest BCUT2D eigenvalue weighted by molar-refractivity contribution is 0.0690. The quantitative estimate of drug-likeness (QED) is 0.734. The van der Waals surface area contributed by atoms with Crippen molar-refractivity contribution >= 4 is 16.9 Å². The summed E-state index contributed by atoms with van der Waals surface area (Å²) in [6.07, 6.45) is 0.561. The minimum absolute atomic E-state index is 0.0580. The van der Waals surface area contributed by atoms with Gasteiger partial charge < -0.3 is 15.8 Å². The molecule has 0 amide bonds. The van der Waals surface area contributed by atoms with Crippen LogP contribution in [0.2, 0.25) is 0 Å². The standard InChI is InChI=1S/C12H14N2O2/c1-7(13)6-9-8-4-2-3-5-10(8)14-11(9)12(15)16/h2-5,7,14H,6,13H2,1H3,(H,15,16). The number of rotatable bonds is 3. The maximum Gasteiger partial charge on any atom is 0.352 e. The summed E-state index contributed by atoms with van der Waals surface area (Å²) in [5.41, 5.74) is 7.62. The lowest BCUT2D eigenvalue weighted by Gasteiger charge is -2.04. The van der Waals surface area contributed by atoms with E-state index in [1.54, 1.807) is 0 Å². The Morgan fingerprint density at radius 2 is 2.19 bits per heavy atom. The van der Waals surface area contributed by atoms with Gasteiger partial charge in [0.2, 0.25) is 0 Å². The van der Waals surface area contributed by atoms with Crippen LogP contribution in [-0.4, -0.2) is 22.1 Å². The summed E-state index contributed by atoms with van der Waals surface area (Å²) < 4.78 is 0. The number of hydrogen-bond donors (Lipinski definition) is 3. The largest absolute Gasteiger partial charge is 0.477 e. The predicted octanol–water partition coefficient (Wildman–Crippen LogP) is 1.76. The molecule has 0 saturated heterocycles. The second-order valence-electron chi connectivity index (χ2n) is 4.01. The molecule has 1 aromatic carbocycles. The smallest absolute Gasteiger partial charge is 0.352 e. The van der Waals surface area contributed by atoms with Crippen LogP contribution in [0.5, 0.6) is 0 Å². The van der Waals surface area contributed by atoms with Crippen molar-refractivity contribution in [2.75, 3.05) is 0 Å². The number of fused-ring (bicyclic) bond motifs is 1. The number of aromatic amines is 1. The summed E-state index contributed by atoms with van der Waals surface area (Å²) in [5, 5.41) is 10.0. The van der Waals surface area contributed by atoms with E-state index in [0.717, 1.165) is 16.5 Å². The molecule has 4 N–H and O–H groups in total. The van der Waals surface area contributed by atoms with Crippen LogP contribution >= 0.6 is 0 Å². The minimum Gasteiger partial charge on any atom is -0.477 e. The van der Waals surface area contributed by atoms with Crippen LogP contribution in [0.25, 0.3) is 10.9 Å². The molecule has 0 bridgehead atoms. The molecule has 0 aliphatic heterocycles. The summed E-state index contributed by atoms with van der Waals surface area (Å²) in [4.78, 5) is 14.0. The molecule has 0 aliphatic carbocycles. The van der Waals surface area contributed by atoms with Crippen molar-refractivity contribution in [2.45, 2.75) is 19.4 Å². The highest BCUT2D eigenvalue weighted by atomic mass is 16.4. The fraction of sp³-hybridized carbons (Fsp3) is 0.250. The predicted molar refractivity (Wildman–Crippen MR) is 62.6 cm³/mol. The van der Waals surface area contributed by atoms with E-state index in [2.05, 4.69) is 4.98 Å². The third-order valence-corrected chi connectivity index (χ3v) is 2.55. The number of nitrogens with one attached hydrogen (secondary N) is 1. The highest BCUT2D eigenvalue weighted by Crippen LogP contribution is 2.23. The minimum atomic E-state index is -0.938. The Bertz CT molecular complexity index is 529. The molecule has 0 saturated carbocycles. The van der Waals surface area contributed by atoms with Crippen molar-refractivity contribution in [1.82, 2.24) is 4.98 Å². The van der Waals surface area contributed by atoms with Gasteiger partial charge in [0.05, 0.1) is 0 Å². The zero-order valence-electron chi connectivity index (χ0n) is 9.03. The van der Waals surface area contributed by atoms with Crippen molar-refractivity contribution in [3.8, 4) is 0 Å². The Balaban J connectivity index is 2.64. The third kappa shape index (κ3) is 1.79. The molecule has 84 valence electrons. The van der Waals surface area contributed by atoms with E-state index in [0.29, 0.717) is 6.42 Å². The maximum absolute atomic E-state index is 11.1. The number of H-pyrrole nitrogens is 1. The molecule has 2 aromatic rings. The van der Waals surface area contributed by atoms with Gasteiger partial charge in [-0.1, -0.05) is 18.2 Å². The number of benzene rings is 1. The average molecular weight is 218 g/mol. The van der Waals surface area contributed by atoms with Gasteiger partial charge >= 0.3 is 5.97 Å². The molecular formula is C12H14N2O2. The lowest BCUT2D eigenvalue weighted by Crippen LogP contribution is -2.19. The van der Waals surface area contributed by atoms with Gasteiger partial charge in [0.1, 0.15) is 5.69 Å². The molecule has 0 radical (unpaired) electrons. The Morgan fingerprint density at radius 1 is 1.50 bits per heavy atom. The van der Waals surface area contributed by atoms with Crippen molar-refractivity contribution in [1.29, 1.82) is 0 Å². The van der Waals surface area contributed by atoms with Gasteiger partial charge in [-0.25, -0.2) is 4.79 Å². The monoisotopic (exact) mass is 218 g/mol. The molecule has 1 heterocycles. The van der Waals surface area contributed by atoms with Crippen LogP contribution in [0.15, 0.2) is 24.3 Å². The van der Waals surface area contributed by atoms with Crippen molar-refractivity contribution in [2.24, 2.45) is 5.73 Å². The van der Waals surface area contributed by atoms with E-state index in [4.69, 9.17) is 10.8 Å². The number of nitrogens with two attached hydrogens (primary N) is 1. The molecule has 1 unspecified atom stereocenters. The Labute approximate surface area is 93.1 Å². The summed E-state index contributed by atoms with van der Waals surface area (Å²) in [5.74, 6) is -0.938. The molecule has 2 rings (SSSR count). The first-order chi connectivity index (χ1) is 7.59. The number of hydrogen-bond acceptors (Lipinski definition) is 2. The number of para-hydroxylation sites is 1. The lowest BCUT2D eigenvalue weighted by atomic mass is 10.0. The van der Waals surface area contributed by atoms with Crippen LogP contribution in [0.3, 0.4) is 0 Å². The number of aromatic nitrogens is 1. The molecule has 0 aliphatic rings. The van der Waals surface area contributed by atoms with E-state index in [1.807, 2.05) is 31.2 Å². The van der Waals surface area contributed by atoms with Gasteiger partial charge in [-0.2, -0.15) is 0 Å². The molecule has 0 fully saturated rings. The molecule has 1 aromatic heterocycles. The second kappa shape index (κ2) is 3.98. The Hall–Kier alpha value is -1.81. The summed E-state index contributed by atoms with van der Waals surface area (Å²) in [6, 6.07) is 7.49. The second-order valence-corrected chi connectivity index (χ2v) is 4.01. The van der Waals surface area contributed by atoms with E-state index in [-0.39, 0.29) is 11.7 Å². The summed E-state index contributed by atoms with van der Waals surface area (Å²) in [7, 11) is 0. The molecule has 4 nitrogen and oxygen atoms in total. The van der Waals surface area contributed by atoms with E-state index >= 15 is 0 Å². The molecule has 0 spiro atoms. The first kappa shape index (κ1) is 10.7. The maximum atomic E-state index is 11.1. The first-order valence-electron chi connectivity index (χ1n) is 5.18. The number of carboxylic acid groups (broad SMARTS) is 1. The zero-order valence-corrected chi connectivity index (χ0v) is 9.03. The van der Waals surface area contributed by atoms with Crippen LogP contribution < -0.4 is 5.73 Å². The van der Waals surface area contributed by atoms with Gasteiger partial charge in [0, 0.05) is 16.9 Å². The van der Waals surface area contributed by atoms with E-state index in [9.17, 15) is 4.79 Å². The molecular weight excluding hydrogens is 204 g/mol. The molecule has 4 heteroatoms.